The van der Waals surface area contributed by atoms with E-state index in [9.17, 15) is 13.2 Å². The highest BCUT2D eigenvalue weighted by atomic mass is 35.5. The van der Waals surface area contributed by atoms with E-state index < -0.39 is 26.8 Å². The molecule has 0 unspecified atom stereocenters. The zero-order valence-electron chi connectivity index (χ0n) is 29.2. The lowest BCUT2D eigenvalue weighted by atomic mass is 9.64. The molecule has 1 N–H and O–H groups in total. The number of sulfonamides is 1. The summed E-state index contributed by atoms with van der Waals surface area (Å²) in [6, 6.07) is 11.2. The van der Waals surface area contributed by atoms with E-state index in [0.29, 0.717) is 47.8 Å². The number of ether oxygens (including phenoxy) is 3. The van der Waals surface area contributed by atoms with E-state index in [2.05, 4.69) is 33.6 Å². The molecule has 9 nitrogen and oxygen atoms in total. The first-order valence-electron chi connectivity index (χ1n) is 18.0. The normalized spacial score (nSPS) is 30.4. The Bertz CT molecular complexity index is 1610. The van der Waals surface area contributed by atoms with Crippen LogP contribution in [0.1, 0.15) is 74.4 Å². The number of fused-ring (bicyclic) bond motifs is 3. The second kappa shape index (κ2) is 15.7. The van der Waals surface area contributed by atoms with Gasteiger partial charge in [-0.25, -0.2) is 13.1 Å². The Labute approximate surface area is 297 Å². The van der Waals surface area contributed by atoms with Crippen molar-refractivity contribution in [2.75, 3.05) is 57.4 Å². The Balaban J connectivity index is 1.34. The first kappa shape index (κ1) is 36.2. The fourth-order valence-electron chi connectivity index (χ4n) is 7.70. The van der Waals surface area contributed by atoms with E-state index in [-0.39, 0.29) is 5.92 Å². The molecule has 0 aromatic heterocycles. The van der Waals surface area contributed by atoms with Crippen molar-refractivity contribution in [2.24, 2.45) is 17.8 Å². The fraction of sp³-hybridized carbons (Fsp3) is 0.605. The monoisotopic (exact) mass is 713 g/mol. The number of carbonyl (C=O) groups is 1. The second-order valence-corrected chi connectivity index (χ2v) is 17.0. The number of morpholine rings is 1. The average molecular weight is 714 g/mol. The van der Waals surface area contributed by atoms with Crippen LogP contribution in [0.4, 0.5) is 5.69 Å². The van der Waals surface area contributed by atoms with Gasteiger partial charge in [-0.3, -0.25) is 9.69 Å². The summed E-state index contributed by atoms with van der Waals surface area (Å²) in [7, 11) is -3.94. The Morgan fingerprint density at radius 1 is 1.04 bits per heavy atom. The molecule has 1 aliphatic carbocycles. The summed E-state index contributed by atoms with van der Waals surface area (Å²) in [5.41, 5.74) is 2.89. The highest BCUT2D eigenvalue weighted by Gasteiger charge is 2.45. The number of halogens is 1. The van der Waals surface area contributed by atoms with Crippen LogP contribution in [0.5, 0.6) is 5.75 Å². The number of rotatable bonds is 4. The van der Waals surface area contributed by atoms with Crippen LogP contribution in [0.25, 0.3) is 0 Å². The van der Waals surface area contributed by atoms with Gasteiger partial charge in [0.2, 0.25) is 10.0 Å². The highest BCUT2D eigenvalue weighted by molar-refractivity contribution is 7.90. The number of benzene rings is 2. The molecule has 3 heterocycles. The van der Waals surface area contributed by atoms with Crippen LogP contribution in [0, 0.1) is 17.8 Å². The van der Waals surface area contributed by atoms with Crippen LogP contribution in [0.3, 0.4) is 0 Å². The quantitative estimate of drug-likeness (QED) is 0.372. The molecule has 1 saturated heterocycles. The first-order chi connectivity index (χ1) is 23.5. The average Bonchev–Trinajstić information content (AvgIpc) is 3.09. The van der Waals surface area contributed by atoms with Gasteiger partial charge in [0.25, 0.3) is 5.91 Å². The molecule has 1 saturated carbocycles. The molecule has 3 aliphatic heterocycles. The van der Waals surface area contributed by atoms with E-state index in [4.69, 9.17) is 25.8 Å². The predicted molar refractivity (Wildman–Crippen MR) is 194 cm³/mol. The van der Waals surface area contributed by atoms with E-state index in [1.807, 2.05) is 37.3 Å². The van der Waals surface area contributed by atoms with Gasteiger partial charge in [0.15, 0.2) is 0 Å². The number of amides is 1. The third kappa shape index (κ3) is 8.64. The van der Waals surface area contributed by atoms with Gasteiger partial charge in [0, 0.05) is 43.3 Å². The van der Waals surface area contributed by atoms with Crippen molar-refractivity contribution in [3.63, 3.8) is 0 Å². The predicted octanol–water partition coefficient (Wildman–Crippen LogP) is 6.24. The van der Waals surface area contributed by atoms with E-state index >= 15 is 0 Å². The Hall–Kier alpha value is -2.63. The summed E-state index contributed by atoms with van der Waals surface area (Å²) in [6.45, 7) is 12.5. The van der Waals surface area contributed by atoms with E-state index in [1.54, 1.807) is 13.0 Å². The zero-order valence-corrected chi connectivity index (χ0v) is 30.7. The third-order valence-corrected chi connectivity index (χ3v) is 13.4. The number of hydrogen-bond donors (Lipinski definition) is 1. The fourth-order valence-corrected chi connectivity index (χ4v) is 9.18. The minimum atomic E-state index is -3.94. The zero-order chi connectivity index (χ0) is 34.6. The Morgan fingerprint density at radius 2 is 1.86 bits per heavy atom. The van der Waals surface area contributed by atoms with E-state index in [1.165, 1.54) is 5.56 Å². The van der Waals surface area contributed by atoms with Gasteiger partial charge in [0.05, 0.1) is 36.4 Å². The molecule has 268 valence electrons. The minimum absolute atomic E-state index is 0.210. The van der Waals surface area contributed by atoms with Crippen molar-refractivity contribution in [3.8, 4) is 5.75 Å². The molecular formula is C38H52ClN3O6S. The van der Waals surface area contributed by atoms with Crippen LogP contribution < -0.4 is 14.4 Å². The number of allylic oxidation sites excluding steroid dienone is 1. The maximum Gasteiger partial charge on any atom is 0.264 e. The minimum Gasteiger partial charge on any atom is -0.487 e. The third-order valence-electron chi connectivity index (χ3n) is 11.3. The molecule has 11 heteroatoms. The van der Waals surface area contributed by atoms with Crippen molar-refractivity contribution >= 4 is 33.2 Å². The molecule has 2 bridgehead atoms. The molecule has 0 spiro atoms. The van der Waals surface area contributed by atoms with Gasteiger partial charge in [0.1, 0.15) is 12.4 Å². The van der Waals surface area contributed by atoms with Crippen LogP contribution in [-0.2, 0) is 32.5 Å². The molecule has 49 heavy (non-hydrogen) atoms. The Morgan fingerprint density at radius 3 is 2.63 bits per heavy atom. The maximum atomic E-state index is 13.5. The van der Waals surface area contributed by atoms with Gasteiger partial charge in [-0.15, -0.1) is 0 Å². The molecule has 2 aromatic rings. The maximum absolute atomic E-state index is 13.5. The van der Waals surface area contributed by atoms with E-state index in [0.717, 1.165) is 89.3 Å². The number of nitrogens with zero attached hydrogens (tertiary/aromatic N) is 2. The lowest BCUT2D eigenvalue weighted by Crippen LogP contribution is -2.50. The van der Waals surface area contributed by atoms with Gasteiger partial charge in [-0.1, -0.05) is 36.7 Å². The van der Waals surface area contributed by atoms with Crippen molar-refractivity contribution in [1.29, 1.82) is 0 Å². The molecule has 2 aromatic carbocycles. The smallest absolute Gasteiger partial charge is 0.264 e. The number of aryl methyl sites for hydroxylation is 1. The van der Waals surface area contributed by atoms with Gasteiger partial charge in [-0.2, -0.15) is 0 Å². The SMILES string of the molecule is C[C@@H]1[C@@H](C)C/C=C/[C@@](C)(OCCN2CCOCC2)[C@@H]2CC[C@H]2CN2CCCCc3cc(Cl)ccc3COc3ccc(cc32)C(=O)NS1(=O)=O. The molecular weight excluding hydrogens is 662 g/mol. The molecule has 2 fully saturated rings. The van der Waals surface area contributed by atoms with Crippen LogP contribution in [-0.4, -0.2) is 82.6 Å². The highest BCUT2D eigenvalue weighted by Crippen LogP contribution is 2.46. The summed E-state index contributed by atoms with van der Waals surface area (Å²) in [4.78, 5) is 18.3. The molecule has 4 aliphatic rings. The van der Waals surface area contributed by atoms with Gasteiger partial charge >= 0.3 is 0 Å². The standard InChI is InChI=1S/C38H52ClN3O6S/c1-27-7-6-15-38(3,48-22-19-41-17-20-46-21-18-41)34-13-10-31(34)25-42-16-5-4-8-29-23-33(39)12-9-32(29)26-47-36-14-11-30(24-35(36)42)37(43)40-49(44,45)28(27)2/h6,9,11-12,14-15,23-24,27-28,31,34H,4-5,7-8,10,13,16-22,25-26H2,1-3H3,(H,40,43)/b15-6+/t27-,28+,31-,34+,38+/m0/s1. The van der Waals surface area contributed by atoms with Crippen LogP contribution in [0.2, 0.25) is 5.02 Å². The van der Waals surface area contributed by atoms with Crippen LogP contribution in [0.15, 0.2) is 48.6 Å². The summed E-state index contributed by atoms with van der Waals surface area (Å²) in [5.74, 6) is 0.498. The summed E-state index contributed by atoms with van der Waals surface area (Å²) in [6.07, 6.45) is 9.81. The molecule has 5 atom stereocenters. The van der Waals surface area contributed by atoms with Crippen molar-refractivity contribution in [1.82, 2.24) is 9.62 Å². The van der Waals surface area contributed by atoms with Crippen molar-refractivity contribution in [3.05, 3.63) is 70.3 Å². The number of nitrogens with one attached hydrogen (secondary N) is 1. The first-order valence-corrected chi connectivity index (χ1v) is 19.9. The summed E-state index contributed by atoms with van der Waals surface area (Å²) >= 11 is 6.38. The summed E-state index contributed by atoms with van der Waals surface area (Å²) < 4.78 is 48.2. The second-order valence-electron chi connectivity index (χ2n) is 14.5. The number of anilines is 1. The van der Waals surface area contributed by atoms with Crippen LogP contribution >= 0.6 is 11.6 Å². The molecule has 0 radical (unpaired) electrons. The topological polar surface area (TPSA) is 97.4 Å². The van der Waals surface area contributed by atoms with Gasteiger partial charge in [-0.05, 0) is 112 Å². The van der Waals surface area contributed by atoms with Crippen molar-refractivity contribution < 1.29 is 27.4 Å². The number of carbonyl (C=O) groups excluding carboxylic acids is 1. The molecule has 6 rings (SSSR count). The molecule has 1 amide bonds. The summed E-state index contributed by atoms with van der Waals surface area (Å²) in [5, 5.41) is -0.0538. The number of hydrogen-bond acceptors (Lipinski definition) is 8. The largest absolute Gasteiger partial charge is 0.487 e. The van der Waals surface area contributed by atoms with Gasteiger partial charge < -0.3 is 19.1 Å². The lowest BCUT2D eigenvalue weighted by molar-refractivity contribution is -0.0937. The lowest BCUT2D eigenvalue weighted by Gasteiger charge is -2.49. The Kier molecular flexibility index (Phi) is 11.6. The van der Waals surface area contributed by atoms with Crippen molar-refractivity contribution in [2.45, 2.75) is 76.8 Å².